The Morgan fingerprint density at radius 2 is 1.79 bits per heavy atom. The highest BCUT2D eigenvalue weighted by atomic mass is 32.2. The predicted molar refractivity (Wildman–Crippen MR) is 79.6 cm³/mol. The first-order chi connectivity index (χ1) is 9.13. The zero-order valence-electron chi connectivity index (χ0n) is 12.3. The summed E-state index contributed by atoms with van der Waals surface area (Å²) in [6.07, 6.45) is 11.7. The first-order valence-corrected chi connectivity index (χ1v) is 9.74. The van der Waals surface area contributed by atoms with Gasteiger partial charge in [-0.05, 0) is 31.6 Å². The van der Waals surface area contributed by atoms with Crippen LogP contribution in [-0.4, -0.2) is 31.1 Å². The number of rotatable bonds is 6. The average molecular weight is 287 g/mol. The largest absolute Gasteiger partial charge is 0.214 e. The summed E-state index contributed by atoms with van der Waals surface area (Å²) in [5.41, 5.74) is 0. The first kappa shape index (κ1) is 15.3. The van der Waals surface area contributed by atoms with E-state index >= 15 is 0 Å². The van der Waals surface area contributed by atoms with Crippen LogP contribution in [0, 0.1) is 5.92 Å². The van der Waals surface area contributed by atoms with Crippen molar-refractivity contribution in [1.82, 2.24) is 4.31 Å². The van der Waals surface area contributed by atoms with Gasteiger partial charge in [0.2, 0.25) is 10.0 Å². The van der Waals surface area contributed by atoms with E-state index in [1.807, 2.05) is 4.31 Å². The lowest BCUT2D eigenvalue weighted by molar-refractivity contribution is 0.267. The highest BCUT2D eigenvalue weighted by Gasteiger charge is 2.35. The molecule has 3 nitrogen and oxygen atoms in total. The van der Waals surface area contributed by atoms with Gasteiger partial charge in [0.25, 0.3) is 0 Å². The summed E-state index contributed by atoms with van der Waals surface area (Å²) >= 11 is 0. The van der Waals surface area contributed by atoms with Crippen molar-refractivity contribution < 1.29 is 8.42 Å². The van der Waals surface area contributed by atoms with E-state index in [0.717, 1.165) is 44.6 Å². The first-order valence-electron chi connectivity index (χ1n) is 8.13. The quantitative estimate of drug-likeness (QED) is 0.749. The summed E-state index contributed by atoms with van der Waals surface area (Å²) < 4.78 is 26.6. The standard InChI is InChI=1S/C15H29NO2S/c1-2-3-12-19(17,18)16-11-7-10-15(16)13-14-8-5-4-6-9-14/h14-15H,2-13H2,1H3. The Hall–Kier alpha value is -0.0900. The molecule has 0 radical (unpaired) electrons. The number of hydrogen-bond donors (Lipinski definition) is 0. The SMILES string of the molecule is CCCCS(=O)(=O)N1CCCC1CC1CCCCC1. The van der Waals surface area contributed by atoms with Crippen molar-refractivity contribution in [1.29, 1.82) is 0 Å². The molecule has 1 aliphatic carbocycles. The minimum Gasteiger partial charge on any atom is -0.212 e. The van der Waals surface area contributed by atoms with E-state index < -0.39 is 10.0 Å². The smallest absolute Gasteiger partial charge is 0.212 e. The fourth-order valence-corrected chi connectivity index (χ4v) is 5.60. The maximum atomic E-state index is 12.4. The summed E-state index contributed by atoms with van der Waals surface area (Å²) in [4.78, 5) is 0. The van der Waals surface area contributed by atoms with Crippen LogP contribution in [-0.2, 0) is 10.0 Å². The van der Waals surface area contributed by atoms with Gasteiger partial charge in [-0.2, -0.15) is 4.31 Å². The molecule has 2 rings (SSSR count). The van der Waals surface area contributed by atoms with E-state index in [0.29, 0.717) is 11.8 Å². The second-order valence-electron chi connectivity index (χ2n) is 6.32. The van der Waals surface area contributed by atoms with Gasteiger partial charge < -0.3 is 0 Å². The molecule has 112 valence electrons. The molecule has 0 spiro atoms. The highest BCUT2D eigenvalue weighted by Crippen LogP contribution is 2.33. The van der Waals surface area contributed by atoms with Crippen LogP contribution in [0.3, 0.4) is 0 Å². The van der Waals surface area contributed by atoms with E-state index in [-0.39, 0.29) is 0 Å². The van der Waals surface area contributed by atoms with Gasteiger partial charge in [-0.25, -0.2) is 8.42 Å². The summed E-state index contributed by atoms with van der Waals surface area (Å²) in [6.45, 7) is 2.82. The number of sulfonamides is 1. The number of nitrogens with zero attached hydrogens (tertiary/aromatic N) is 1. The lowest BCUT2D eigenvalue weighted by Gasteiger charge is -2.29. The molecule has 2 fully saturated rings. The molecule has 4 heteroatoms. The Morgan fingerprint density at radius 3 is 2.47 bits per heavy atom. The van der Waals surface area contributed by atoms with Crippen LogP contribution in [0.1, 0.15) is 71.1 Å². The Bertz CT molecular complexity index is 360. The van der Waals surface area contributed by atoms with Gasteiger partial charge in [0, 0.05) is 12.6 Å². The van der Waals surface area contributed by atoms with Crippen molar-refractivity contribution in [3.63, 3.8) is 0 Å². The van der Waals surface area contributed by atoms with Gasteiger partial charge in [-0.15, -0.1) is 0 Å². The van der Waals surface area contributed by atoms with Gasteiger partial charge in [-0.1, -0.05) is 45.4 Å². The fourth-order valence-electron chi connectivity index (χ4n) is 3.66. The molecule has 19 heavy (non-hydrogen) atoms. The molecule has 0 N–H and O–H groups in total. The maximum Gasteiger partial charge on any atom is 0.214 e. The zero-order valence-corrected chi connectivity index (χ0v) is 13.1. The minimum absolute atomic E-state index is 0.310. The lowest BCUT2D eigenvalue weighted by Crippen LogP contribution is -2.38. The third-order valence-electron chi connectivity index (χ3n) is 4.77. The van der Waals surface area contributed by atoms with Crippen molar-refractivity contribution in [3.8, 4) is 0 Å². The molecule has 1 saturated carbocycles. The maximum absolute atomic E-state index is 12.4. The Kier molecular flexibility index (Phi) is 5.70. The van der Waals surface area contributed by atoms with Crippen molar-refractivity contribution in [2.75, 3.05) is 12.3 Å². The van der Waals surface area contributed by atoms with Gasteiger partial charge in [0.1, 0.15) is 0 Å². The van der Waals surface area contributed by atoms with Gasteiger partial charge >= 0.3 is 0 Å². The number of hydrogen-bond acceptors (Lipinski definition) is 2. The van der Waals surface area contributed by atoms with Gasteiger partial charge in [0.15, 0.2) is 0 Å². The van der Waals surface area contributed by atoms with Crippen molar-refractivity contribution in [2.45, 2.75) is 77.2 Å². The molecule has 0 aromatic rings. The Labute approximate surface area is 118 Å². The molecule has 0 bridgehead atoms. The minimum atomic E-state index is -2.99. The topological polar surface area (TPSA) is 37.4 Å². The molecular weight excluding hydrogens is 258 g/mol. The van der Waals surface area contributed by atoms with Crippen molar-refractivity contribution >= 4 is 10.0 Å². The van der Waals surface area contributed by atoms with E-state index in [1.165, 1.54) is 32.1 Å². The van der Waals surface area contributed by atoms with Gasteiger partial charge in [-0.3, -0.25) is 0 Å². The van der Waals surface area contributed by atoms with E-state index in [9.17, 15) is 8.42 Å². The molecule has 1 aliphatic heterocycles. The molecule has 0 aromatic heterocycles. The molecule has 1 saturated heterocycles. The van der Waals surface area contributed by atoms with Crippen molar-refractivity contribution in [3.05, 3.63) is 0 Å². The summed E-state index contributed by atoms with van der Waals surface area (Å²) in [6, 6.07) is 0.310. The Morgan fingerprint density at radius 1 is 1.05 bits per heavy atom. The van der Waals surface area contributed by atoms with E-state index in [2.05, 4.69) is 6.92 Å². The van der Waals surface area contributed by atoms with Crippen LogP contribution in [0.15, 0.2) is 0 Å². The van der Waals surface area contributed by atoms with Crippen LogP contribution >= 0.6 is 0 Å². The Balaban J connectivity index is 1.92. The van der Waals surface area contributed by atoms with Crippen molar-refractivity contribution in [2.24, 2.45) is 5.92 Å². The third-order valence-corrected chi connectivity index (χ3v) is 6.77. The zero-order chi connectivity index (χ0) is 13.7. The average Bonchev–Trinajstić information content (AvgIpc) is 2.87. The molecule has 2 aliphatic rings. The summed E-state index contributed by atoms with van der Waals surface area (Å²) in [7, 11) is -2.99. The van der Waals surface area contributed by atoms with Crippen LogP contribution in [0.4, 0.5) is 0 Å². The molecule has 0 aromatic carbocycles. The molecule has 1 unspecified atom stereocenters. The summed E-state index contributed by atoms with van der Waals surface area (Å²) in [5.74, 6) is 1.13. The molecule has 1 heterocycles. The normalized spacial score (nSPS) is 26.9. The predicted octanol–water partition coefficient (Wildman–Crippen LogP) is 3.55. The third kappa shape index (κ3) is 4.19. The second-order valence-corrected chi connectivity index (χ2v) is 8.36. The fraction of sp³-hybridized carbons (Fsp3) is 1.00. The summed E-state index contributed by atoms with van der Waals surface area (Å²) in [5, 5.41) is 0. The van der Waals surface area contributed by atoms with Gasteiger partial charge in [0.05, 0.1) is 5.75 Å². The van der Waals surface area contributed by atoms with Crippen LogP contribution in [0.25, 0.3) is 0 Å². The lowest BCUT2D eigenvalue weighted by atomic mass is 9.84. The molecule has 1 atom stereocenters. The molecular formula is C15H29NO2S. The van der Waals surface area contributed by atoms with E-state index in [1.54, 1.807) is 0 Å². The second kappa shape index (κ2) is 7.07. The van der Waals surface area contributed by atoms with Crippen LogP contribution in [0.2, 0.25) is 0 Å². The molecule has 0 amide bonds. The van der Waals surface area contributed by atoms with Crippen LogP contribution in [0.5, 0.6) is 0 Å². The van der Waals surface area contributed by atoms with Crippen LogP contribution < -0.4 is 0 Å². The van der Waals surface area contributed by atoms with E-state index in [4.69, 9.17) is 0 Å². The highest BCUT2D eigenvalue weighted by molar-refractivity contribution is 7.89. The number of unbranched alkanes of at least 4 members (excludes halogenated alkanes) is 1. The monoisotopic (exact) mass is 287 g/mol.